The van der Waals surface area contributed by atoms with E-state index in [9.17, 15) is 4.39 Å². The largest absolute Gasteiger partial charge is 0.472 e. The van der Waals surface area contributed by atoms with Gasteiger partial charge in [-0.1, -0.05) is 63.2 Å². The Hall–Kier alpha value is -2.16. The Morgan fingerprint density at radius 3 is 2.22 bits per heavy atom. The third-order valence-corrected chi connectivity index (χ3v) is 4.10. The van der Waals surface area contributed by atoms with Crippen LogP contribution in [0.5, 0.6) is 0 Å². The fourth-order valence-electron chi connectivity index (χ4n) is 2.86. The van der Waals surface area contributed by atoms with E-state index in [1.165, 1.54) is 12.1 Å². The van der Waals surface area contributed by atoms with E-state index < -0.39 is 0 Å². The molecule has 1 aliphatic heterocycles. The summed E-state index contributed by atoms with van der Waals surface area (Å²) < 4.78 is 19.5. The summed E-state index contributed by atoms with van der Waals surface area (Å²) in [6.07, 6.45) is -0.103. The predicted molar refractivity (Wildman–Crippen MR) is 91.2 cm³/mol. The molecule has 2 unspecified atom stereocenters. The van der Waals surface area contributed by atoms with E-state index in [4.69, 9.17) is 4.74 Å². The maximum absolute atomic E-state index is 13.2. The molecule has 120 valence electrons. The SMILES string of the molecule is CC(C)(C)C1=NCC(c2ccc(F)cc2)C(c2ccccc2)O1. The number of nitrogens with zero attached hydrogens (tertiary/aromatic N) is 1. The fraction of sp³-hybridized carbons (Fsp3) is 0.350. The van der Waals surface area contributed by atoms with Crippen LogP contribution >= 0.6 is 0 Å². The molecule has 0 aliphatic carbocycles. The summed E-state index contributed by atoms with van der Waals surface area (Å²) in [5, 5.41) is 0. The zero-order valence-corrected chi connectivity index (χ0v) is 13.8. The molecule has 1 heterocycles. The number of ether oxygens (including phenoxy) is 1. The van der Waals surface area contributed by atoms with Crippen molar-refractivity contribution in [2.45, 2.75) is 32.8 Å². The lowest BCUT2D eigenvalue weighted by Gasteiger charge is -2.36. The van der Waals surface area contributed by atoms with E-state index in [-0.39, 0.29) is 23.3 Å². The van der Waals surface area contributed by atoms with Crippen molar-refractivity contribution in [3.8, 4) is 0 Å². The van der Waals surface area contributed by atoms with Gasteiger partial charge in [-0.05, 0) is 23.3 Å². The Kier molecular flexibility index (Phi) is 4.20. The molecule has 0 spiro atoms. The van der Waals surface area contributed by atoms with E-state index in [1.807, 2.05) is 30.3 Å². The second-order valence-electron chi connectivity index (χ2n) is 7.00. The highest BCUT2D eigenvalue weighted by Crippen LogP contribution is 2.39. The van der Waals surface area contributed by atoms with Crippen LogP contribution in [0.25, 0.3) is 0 Å². The molecule has 3 heteroatoms. The van der Waals surface area contributed by atoms with Crippen molar-refractivity contribution in [1.29, 1.82) is 0 Å². The normalized spacial score (nSPS) is 21.5. The van der Waals surface area contributed by atoms with Gasteiger partial charge < -0.3 is 4.74 Å². The summed E-state index contributed by atoms with van der Waals surface area (Å²) in [7, 11) is 0. The summed E-state index contributed by atoms with van der Waals surface area (Å²) in [4.78, 5) is 4.66. The summed E-state index contributed by atoms with van der Waals surface area (Å²) in [5.74, 6) is 0.648. The van der Waals surface area contributed by atoms with Gasteiger partial charge in [0.25, 0.3) is 0 Å². The first kappa shape index (κ1) is 15.7. The Morgan fingerprint density at radius 1 is 0.957 bits per heavy atom. The molecule has 0 amide bonds. The number of benzene rings is 2. The Bertz CT molecular complexity index is 686. The minimum atomic E-state index is -0.222. The number of aliphatic imine (C=N–C) groups is 1. The molecule has 0 radical (unpaired) electrons. The first-order valence-electron chi connectivity index (χ1n) is 7.97. The third kappa shape index (κ3) is 3.44. The van der Waals surface area contributed by atoms with E-state index in [0.717, 1.165) is 17.0 Å². The first-order chi connectivity index (χ1) is 10.9. The van der Waals surface area contributed by atoms with Crippen molar-refractivity contribution in [2.75, 3.05) is 6.54 Å². The molecular weight excluding hydrogens is 289 g/mol. The van der Waals surface area contributed by atoms with Crippen LogP contribution in [0.3, 0.4) is 0 Å². The highest BCUT2D eigenvalue weighted by molar-refractivity contribution is 5.82. The van der Waals surface area contributed by atoms with Gasteiger partial charge in [-0.2, -0.15) is 0 Å². The van der Waals surface area contributed by atoms with Crippen molar-refractivity contribution in [2.24, 2.45) is 10.4 Å². The van der Waals surface area contributed by atoms with Gasteiger partial charge in [0.2, 0.25) is 0 Å². The highest BCUT2D eigenvalue weighted by Gasteiger charge is 2.35. The maximum Gasteiger partial charge on any atom is 0.189 e. The number of hydrogen-bond acceptors (Lipinski definition) is 2. The monoisotopic (exact) mass is 311 g/mol. The lowest BCUT2D eigenvalue weighted by atomic mass is 9.86. The van der Waals surface area contributed by atoms with E-state index in [1.54, 1.807) is 0 Å². The van der Waals surface area contributed by atoms with Gasteiger partial charge in [0.15, 0.2) is 5.90 Å². The molecule has 1 aliphatic rings. The van der Waals surface area contributed by atoms with Gasteiger partial charge in [-0.25, -0.2) is 4.39 Å². The molecule has 3 rings (SSSR count). The minimum absolute atomic E-state index is 0.0871. The highest BCUT2D eigenvalue weighted by atomic mass is 19.1. The van der Waals surface area contributed by atoms with Gasteiger partial charge in [0, 0.05) is 11.3 Å². The van der Waals surface area contributed by atoms with Crippen molar-refractivity contribution in [3.63, 3.8) is 0 Å². The van der Waals surface area contributed by atoms with Gasteiger partial charge >= 0.3 is 0 Å². The summed E-state index contributed by atoms with van der Waals surface area (Å²) in [5.41, 5.74) is 2.05. The first-order valence-corrected chi connectivity index (χ1v) is 7.97. The Balaban J connectivity index is 1.99. The van der Waals surface area contributed by atoms with Gasteiger partial charge in [-0.3, -0.25) is 4.99 Å². The standard InChI is InChI=1S/C20H22FNO/c1-20(2,3)19-22-13-17(14-9-11-16(21)12-10-14)18(23-19)15-7-5-4-6-8-15/h4-12,17-18H,13H2,1-3H3. The summed E-state index contributed by atoms with van der Waals surface area (Å²) >= 11 is 0. The molecule has 2 aromatic rings. The maximum atomic E-state index is 13.2. The summed E-state index contributed by atoms with van der Waals surface area (Å²) in [6.45, 7) is 6.96. The van der Waals surface area contributed by atoms with Crippen LogP contribution in [0.15, 0.2) is 59.6 Å². The molecule has 2 nitrogen and oxygen atoms in total. The second-order valence-corrected chi connectivity index (χ2v) is 7.00. The van der Waals surface area contributed by atoms with Crippen LogP contribution in [0.2, 0.25) is 0 Å². The Labute approximate surface area is 137 Å². The zero-order chi connectivity index (χ0) is 16.4. The van der Waals surface area contributed by atoms with Crippen LogP contribution in [0.4, 0.5) is 4.39 Å². The lowest BCUT2D eigenvalue weighted by molar-refractivity contribution is 0.123. The quantitative estimate of drug-likeness (QED) is 0.754. The lowest BCUT2D eigenvalue weighted by Crippen LogP contribution is -2.33. The van der Waals surface area contributed by atoms with Crippen LogP contribution in [0.1, 0.15) is 43.9 Å². The topological polar surface area (TPSA) is 21.6 Å². The molecule has 0 bridgehead atoms. The molecule has 0 fully saturated rings. The minimum Gasteiger partial charge on any atom is -0.472 e. The van der Waals surface area contributed by atoms with E-state index in [0.29, 0.717) is 6.54 Å². The molecule has 0 saturated carbocycles. The molecule has 0 saturated heterocycles. The van der Waals surface area contributed by atoms with Gasteiger partial charge in [0.05, 0.1) is 6.54 Å². The van der Waals surface area contributed by atoms with E-state index in [2.05, 4.69) is 37.9 Å². The zero-order valence-electron chi connectivity index (χ0n) is 13.8. The van der Waals surface area contributed by atoms with Crippen molar-refractivity contribution in [1.82, 2.24) is 0 Å². The van der Waals surface area contributed by atoms with Crippen molar-refractivity contribution in [3.05, 3.63) is 71.5 Å². The fourth-order valence-corrected chi connectivity index (χ4v) is 2.86. The average Bonchev–Trinajstić information content (AvgIpc) is 2.55. The molecular formula is C20H22FNO. The smallest absolute Gasteiger partial charge is 0.189 e. The number of hydrogen-bond donors (Lipinski definition) is 0. The van der Waals surface area contributed by atoms with Crippen LogP contribution in [0, 0.1) is 11.2 Å². The van der Waals surface area contributed by atoms with Crippen LogP contribution in [-0.4, -0.2) is 12.4 Å². The van der Waals surface area contributed by atoms with Crippen LogP contribution < -0.4 is 0 Å². The third-order valence-electron chi connectivity index (χ3n) is 4.10. The van der Waals surface area contributed by atoms with Gasteiger partial charge in [-0.15, -0.1) is 0 Å². The van der Waals surface area contributed by atoms with Gasteiger partial charge in [0.1, 0.15) is 11.9 Å². The molecule has 23 heavy (non-hydrogen) atoms. The van der Waals surface area contributed by atoms with Crippen molar-refractivity contribution < 1.29 is 9.13 Å². The van der Waals surface area contributed by atoms with E-state index >= 15 is 0 Å². The Morgan fingerprint density at radius 2 is 1.61 bits per heavy atom. The predicted octanol–water partition coefficient (Wildman–Crippen LogP) is 5.13. The van der Waals surface area contributed by atoms with Crippen LogP contribution in [-0.2, 0) is 4.74 Å². The van der Waals surface area contributed by atoms with Crippen molar-refractivity contribution >= 4 is 5.90 Å². The second kappa shape index (κ2) is 6.15. The number of rotatable bonds is 2. The molecule has 0 N–H and O–H groups in total. The molecule has 2 atom stereocenters. The molecule has 2 aromatic carbocycles. The average molecular weight is 311 g/mol. The molecule has 0 aromatic heterocycles. The number of halogens is 1. The summed E-state index contributed by atoms with van der Waals surface area (Å²) in [6, 6.07) is 16.8.